The standard InChI is InChI=1S/C17H21BrN2O4/c1-11(2)9-19(10-15(21)22)16(23)12-7-8-20(17(12)24)14-6-4-3-5-13(14)18/h3-6,11-12H,7-10H2,1-2H3,(H,21,22). The van der Waals surface area contributed by atoms with Crippen LogP contribution in [0.1, 0.15) is 20.3 Å². The molecule has 0 radical (unpaired) electrons. The molecule has 24 heavy (non-hydrogen) atoms. The number of carboxylic acids is 1. The fourth-order valence-corrected chi connectivity index (χ4v) is 3.37. The number of rotatable bonds is 6. The van der Waals surface area contributed by atoms with E-state index >= 15 is 0 Å². The zero-order valence-electron chi connectivity index (χ0n) is 13.7. The highest BCUT2D eigenvalue weighted by Gasteiger charge is 2.40. The maximum atomic E-state index is 12.7. The first-order chi connectivity index (χ1) is 11.3. The first kappa shape index (κ1) is 18.4. The van der Waals surface area contributed by atoms with Gasteiger partial charge in [0.15, 0.2) is 0 Å². The van der Waals surface area contributed by atoms with Gasteiger partial charge in [0, 0.05) is 17.6 Å². The highest BCUT2D eigenvalue weighted by Crippen LogP contribution is 2.32. The fraction of sp³-hybridized carbons (Fsp3) is 0.471. The van der Waals surface area contributed by atoms with Crippen LogP contribution in [0.15, 0.2) is 28.7 Å². The molecule has 1 aliphatic heterocycles. The number of amides is 2. The van der Waals surface area contributed by atoms with E-state index in [9.17, 15) is 14.4 Å². The first-order valence-corrected chi connectivity index (χ1v) is 8.67. The number of halogens is 1. The van der Waals surface area contributed by atoms with Crippen LogP contribution in [-0.2, 0) is 14.4 Å². The number of carbonyl (C=O) groups is 3. The van der Waals surface area contributed by atoms with Crippen LogP contribution in [0.2, 0.25) is 0 Å². The number of nitrogens with zero attached hydrogens (tertiary/aromatic N) is 2. The number of carboxylic acid groups (broad SMARTS) is 1. The molecule has 0 spiro atoms. The Kier molecular flexibility index (Phi) is 5.99. The average molecular weight is 397 g/mol. The summed E-state index contributed by atoms with van der Waals surface area (Å²) in [6.45, 7) is 4.21. The van der Waals surface area contributed by atoms with Gasteiger partial charge in [-0.1, -0.05) is 26.0 Å². The molecule has 1 saturated heterocycles. The van der Waals surface area contributed by atoms with Crippen LogP contribution in [0, 0.1) is 11.8 Å². The van der Waals surface area contributed by atoms with Crippen molar-refractivity contribution in [1.82, 2.24) is 4.90 Å². The van der Waals surface area contributed by atoms with Crippen LogP contribution < -0.4 is 4.90 Å². The molecule has 0 aliphatic carbocycles. The molecule has 0 bridgehead atoms. The lowest BCUT2D eigenvalue weighted by Crippen LogP contribution is -2.44. The second-order valence-corrected chi connectivity index (χ2v) is 7.14. The molecule has 1 fully saturated rings. The van der Waals surface area contributed by atoms with E-state index in [0.29, 0.717) is 19.5 Å². The van der Waals surface area contributed by atoms with Crippen molar-refractivity contribution < 1.29 is 19.5 Å². The van der Waals surface area contributed by atoms with Gasteiger partial charge in [-0.25, -0.2) is 0 Å². The number of anilines is 1. The second-order valence-electron chi connectivity index (χ2n) is 6.29. The van der Waals surface area contributed by atoms with Crippen molar-refractivity contribution >= 4 is 39.4 Å². The Balaban J connectivity index is 2.17. The summed E-state index contributed by atoms with van der Waals surface area (Å²) in [5.74, 6) is -2.42. The van der Waals surface area contributed by atoms with Crippen molar-refractivity contribution in [2.24, 2.45) is 11.8 Å². The number of aliphatic carboxylic acids is 1. The highest BCUT2D eigenvalue weighted by molar-refractivity contribution is 9.10. The lowest BCUT2D eigenvalue weighted by Gasteiger charge is -2.25. The molecule has 1 N–H and O–H groups in total. The van der Waals surface area contributed by atoms with Gasteiger partial charge in [0.1, 0.15) is 12.5 Å². The minimum atomic E-state index is -1.07. The largest absolute Gasteiger partial charge is 0.480 e. The van der Waals surface area contributed by atoms with Crippen LogP contribution in [0.25, 0.3) is 0 Å². The van der Waals surface area contributed by atoms with E-state index < -0.39 is 17.8 Å². The van der Waals surface area contributed by atoms with E-state index in [1.165, 1.54) is 4.90 Å². The molecule has 1 aromatic carbocycles. The molecule has 2 rings (SSSR count). The Morgan fingerprint density at radius 2 is 2.04 bits per heavy atom. The summed E-state index contributed by atoms with van der Waals surface area (Å²) in [5.41, 5.74) is 0.728. The summed E-state index contributed by atoms with van der Waals surface area (Å²) in [6.07, 6.45) is 0.396. The van der Waals surface area contributed by atoms with Crippen molar-refractivity contribution in [3.63, 3.8) is 0 Å². The van der Waals surface area contributed by atoms with Crippen molar-refractivity contribution in [3.8, 4) is 0 Å². The maximum Gasteiger partial charge on any atom is 0.323 e. The van der Waals surface area contributed by atoms with Crippen molar-refractivity contribution in [3.05, 3.63) is 28.7 Å². The van der Waals surface area contributed by atoms with E-state index in [-0.39, 0.29) is 18.4 Å². The molecule has 2 amide bonds. The smallest absolute Gasteiger partial charge is 0.323 e. The molecule has 1 aromatic rings. The third kappa shape index (κ3) is 4.14. The lowest BCUT2D eigenvalue weighted by atomic mass is 10.1. The SMILES string of the molecule is CC(C)CN(CC(=O)O)C(=O)C1CCN(c2ccccc2Br)C1=O. The third-order valence-corrected chi connectivity index (χ3v) is 4.54. The highest BCUT2D eigenvalue weighted by atomic mass is 79.9. The Hall–Kier alpha value is -1.89. The van der Waals surface area contributed by atoms with Gasteiger partial charge in [-0.3, -0.25) is 14.4 Å². The molecular formula is C17H21BrN2O4. The maximum absolute atomic E-state index is 12.7. The Morgan fingerprint density at radius 3 is 2.62 bits per heavy atom. The molecule has 0 saturated carbocycles. The molecule has 0 aromatic heterocycles. The molecule has 130 valence electrons. The summed E-state index contributed by atoms with van der Waals surface area (Å²) in [7, 11) is 0. The van der Waals surface area contributed by atoms with Gasteiger partial charge in [-0.05, 0) is 40.4 Å². The first-order valence-electron chi connectivity index (χ1n) is 7.87. The van der Waals surface area contributed by atoms with Gasteiger partial charge in [0.25, 0.3) is 0 Å². The van der Waals surface area contributed by atoms with E-state index in [2.05, 4.69) is 15.9 Å². The van der Waals surface area contributed by atoms with E-state index in [4.69, 9.17) is 5.11 Å². The van der Waals surface area contributed by atoms with Crippen LogP contribution >= 0.6 is 15.9 Å². The predicted octanol–water partition coefficient (Wildman–Crippen LogP) is 2.37. The van der Waals surface area contributed by atoms with Crippen LogP contribution in [0.4, 0.5) is 5.69 Å². The average Bonchev–Trinajstić information content (AvgIpc) is 2.87. The summed E-state index contributed by atoms with van der Waals surface area (Å²) in [6, 6.07) is 7.34. The topological polar surface area (TPSA) is 77.9 Å². The van der Waals surface area contributed by atoms with Gasteiger partial charge >= 0.3 is 5.97 Å². The number of carbonyl (C=O) groups excluding carboxylic acids is 2. The number of para-hydroxylation sites is 1. The summed E-state index contributed by atoms with van der Waals surface area (Å²) < 4.78 is 0.788. The molecule has 6 nitrogen and oxygen atoms in total. The van der Waals surface area contributed by atoms with Crippen molar-refractivity contribution in [1.29, 1.82) is 0 Å². The Labute approximate surface area is 149 Å². The fourth-order valence-electron chi connectivity index (χ4n) is 2.88. The molecule has 1 atom stereocenters. The summed E-state index contributed by atoms with van der Waals surface area (Å²) in [4.78, 5) is 39.3. The predicted molar refractivity (Wildman–Crippen MR) is 93.7 cm³/mol. The molecular weight excluding hydrogens is 376 g/mol. The Morgan fingerprint density at radius 1 is 1.38 bits per heavy atom. The van der Waals surface area contributed by atoms with Crippen LogP contribution in [0.5, 0.6) is 0 Å². The molecule has 1 heterocycles. The normalized spacial score (nSPS) is 17.4. The van der Waals surface area contributed by atoms with Crippen LogP contribution in [0.3, 0.4) is 0 Å². The van der Waals surface area contributed by atoms with E-state index in [1.54, 1.807) is 4.90 Å². The minimum absolute atomic E-state index is 0.129. The van der Waals surface area contributed by atoms with Crippen molar-refractivity contribution in [2.45, 2.75) is 20.3 Å². The number of benzene rings is 1. The number of hydrogen-bond donors (Lipinski definition) is 1. The van der Waals surface area contributed by atoms with Gasteiger partial charge in [-0.15, -0.1) is 0 Å². The summed E-state index contributed by atoms with van der Waals surface area (Å²) in [5, 5.41) is 9.03. The Bertz CT molecular complexity index is 647. The summed E-state index contributed by atoms with van der Waals surface area (Å²) >= 11 is 3.42. The van der Waals surface area contributed by atoms with Gasteiger partial charge in [-0.2, -0.15) is 0 Å². The zero-order valence-corrected chi connectivity index (χ0v) is 15.3. The van der Waals surface area contributed by atoms with Gasteiger partial charge < -0.3 is 14.9 Å². The minimum Gasteiger partial charge on any atom is -0.480 e. The van der Waals surface area contributed by atoms with Crippen molar-refractivity contribution in [2.75, 3.05) is 24.5 Å². The second kappa shape index (κ2) is 7.79. The molecule has 7 heteroatoms. The van der Waals surface area contributed by atoms with Gasteiger partial charge in [0.2, 0.25) is 11.8 Å². The quantitative estimate of drug-likeness (QED) is 0.748. The van der Waals surface area contributed by atoms with E-state index in [0.717, 1.165) is 10.2 Å². The van der Waals surface area contributed by atoms with Crippen LogP contribution in [-0.4, -0.2) is 47.4 Å². The zero-order chi connectivity index (χ0) is 17.9. The third-order valence-electron chi connectivity index (χ3n) is 3.87. The monoisotopic (exact) mass is 396 g/mol. The molecule has 1 aliphatic rings. The van der Waals surface area contributed by atoms with Gasteiger partial charge in [0.05, 0.1) is 5.69 Å². The van der Waals surface area contributed by atoms with E-state index in [1.807, 2.05) is 38.1 Å². The number of hydrogen-bond acceptors (Lipinski definition) is 3. The molecule has 1 unspecified atom stereocenters. The lowest BCUT2D eigenvalue weighted by molar-refractivity contribution is -0.148.